The smallest absolute Gasteiger partial charge is 0.326 e. The summed E-state index contributed by atoms with van der Waals surface area (Å²) in [6, 6.07) is 1.85. The van der Waals surface area contributed by atoms with E-state index in [1.165, 1.54) is 23.9 Å². The summed E-state index contributed by atoms with van der Waals surface area (Å²) in [5.41, 5.74) is 0.576. The van der Waals surface area contributed by atoms with Crippen LogP contribution >= 0.6 is 11.8 Å². The fourth-order valence-electron chi connectivity index (χ4n) is 3.83. The molecule has 4 atom stereocenters. The van der Waals surface area contributed by atoms with Crippen molar-refractivity contribution in [1.82, 2.24) is 21.3 Å². The third-order valence-corrected chi connectivity index (χ3v) is 6.53. The molecule has 7 N–H and O–H groups in total. The maximum absolute atomic E-state index is 13.1. The fraction of sp³-hybridized carbons (Fsp3) is 0.542. The Morgan fingerprint density at radius 3 is 2.14 bits per heavy atom. The van der Waals surface area contributed by atoms with Gasteiger partial charge >= 0.3 is 11.9 Å². The molecule has 1 fully saturated rings. The quantitative estimate of drug-likeness (QED) is 0.158. The van der Waals surface area contributed by atoms with Gasteiger partial charge in [0.05, 0.1) is 6.04 Å². The van der Waals surface area contributed by atoms with Crippen molar-refractivity contribution >= 4 is 41.4 Å². The summed E-state index contributed by atoms with van der Waals surface area (Å²) in [7, 11) is 0. The number of aliphatic carboxylic acids is 2. The number of phenolic OH excluding ortho intramolecular Hbond substituents is 1. The van der Waals surface area contributed by atoms with Crippen molar-refractivity contribution < 1.29 is 39.3 Å². The van der Waals surface area contributed by atoms with Gasteiger partial charge in [-0.05, 0) is 61.9 Å². The summed E-state index contributed by atoms with van der Waals surface area (Å²) in [6.45, 7) is 0.663. The van der Waals surface area contributed by atoms with E-state index >= 15 is 0 Å². The van der Waals surface area contributed by atoms with Gasteiger partial charge in [0.25, 0.3) is 0 Å². The molecular formula is C24H34N4O8S. The third-order valence-electron chi connectivity index (χ3n) is 5.89. The van der Waals surface area contributed by atoms with Crippen molar-refractivity contribution in [3.8, 4) is 5.75 Å². The first-order valence-corrected chi connectivity index (χ1v) is 13.4. The molecule has 1 aliphatic rings. The van der Waals surface area contributed by atoms with Gasteiger partial charge < -0.3 is 36.6 Å². The van der Waals surface area contributed by atoms with Crippen LogP contribution in [0.1, 0.15) is 37.7 Å². The number of hydrogen-bond donors (Lipinski definition) is 7. The molecule has 2 rings (SSSR count). The highest BCUT2D eigenvalue weighted by atomic mass is 32.2. The fourth-order valence-corrected chi connectivity index (χ4v) is 4.31. The number of amides is 3. The lowest BCUT2D eigenvalue weighted by Gasteiger charge is -2.25. The summed E-state index contributed by atoms with van der Waals surface area (Å²) in [5.74, 6) is -3.77. The largest absolute Gasteiger partial charge is 0.508 e. The average molecular weight is 539 g/mol. The number of hydrogen-bond acceptors (Lipinski definition) is 8. The van der Waals surface area contributed by atoms with Crippen LogP contribution in [0, 0.1) is 0 Å². The predicted molar refractivity (Wildman–Crippen MR) is 136 cm³/mol. The maximum Gasteiger partial charge on any atom is 0.326 e. The number of thioether (sulfide) groups is 1. The van der Waals surface area contributed by atoms with Gasteiger partial charge in [-0.25, -0.2) is 4.79 Å². The van der Waals surface area contributed by atoms with Crippen molar-refractivity contribution in [1.29, 1.82) is 0 Å². The van der Waals surface area contributed by atoms with Gasteiger partial charge in [-0.2, -0.15) is 11.8 Å². The molecule has 0 bridgehead atoms. The molecule has 4 unspecified atom stereocenters. The Labute approximate surface area is 219 Å². The van der Waals surface area contributed by atoms with Crippen LogP contribution in [-0.2, 0) is 30.4 Å². The first kappa shape index (κ1) is 29.9. The first-order valence-electron chi connectivity index (χ1n) is 12.0. The van der Waals surface area contributed by atoms with Crippen molar-refractivity contribution in [2.75, 3.05) is 18.6 Å². The molecule has 0 aliphatic carbocycles. The lowest BCUT2D eigenvalue weighted by Crippen LogP contribution is -2.57. The molecule has 0 spiro atoms. The number of benzene rings is 1. The second-order valence-corrected chi connectivity index (χ2v) is 9.74. The molecule has 37 heavy (non-hydrogen) atoms. The van der Waals surface area contributed by atoms with E-state index in [0.29, 0.717) is 24.3 Å². The van der Waals surface area contributed by atoms with Crippen LogP contribution < -0.4 is 21.3 Å². The molecule has 0 radical (unpaired) electrons. The zero-order valence-corrected chi connectivity index (χ0v) is 21.4. The van der Waals surface area contributed by atoms with Crippen LogP contribution in [0.5, 0.6) is 5.75 Å². The van der Waals surface area contributed by atoms with Gasteiger partial charge in [-0.3, -0.25) is 19.2 Å². The Morgan fingerprint density at radius 2 is 1.59 bits per heavy atom. The van der Waals surface area contributed by atoms with Gasteiger partial charge in [0.1, 0.15) is 23.9 Å². The molecule has 13 heteroatoms. The Morgan fingerprint density at radius 1 is 0.973 bits per heavy atom. The van der Waals surface area contributed by atoms with Crippen molar-refractivity contribution in [3.63, 3.8) is 0 Å². The molecule has 1 saturated heterocycles. The van der Waals surface area contributed by atoms with Crippen LogP contribution in [-0.4, -0.2) is 87.7 Å². The second kappa shape index (κ2) is 15.1. The highest BCUT2D eigenvalue weighted by Crippen LogP contribution is 2.12. The van der Waals surface area contributed by atoms with E-state index in [9.17, 15) is 34.2 Å². The minimum Gasteiger partial charge on any atom is -0.508 e. The predicted octanol–water partition coefficient (Wildman–Crippen LogP) is -0.156. The summed E-state index contributed by atoms with van der Waals surface area (Å²) in [6.07, 6.45) is 2.81. The monoisotopic (exact) mass is 538 g/mol. The van der Waals surface area contributed by atoms with E-state index in [-0.39, 0.29) is 31.4 Å². The zero-order chi connectivity index (χ0) is 27.4. The van der Waals surface area contributed by atoms with Crippen molar-refractivity contribution in [2.24, 2.45) is 0 Å². The van der Waals surface area contributed by atoms with E-state index in [2.05, 4.69) is 21.3 Å². The lowest BCUT2D eigenvalue weighted by molar-refractivity contribution is -0.142. The SMILES string of the molecule is CSCCC(NC(=O)C(CCC(=O)O)NC(=O)C1CCCN1)C(=O)NC(Cc1ccc(O)cc1)C(=O)O. The van der Waals surface area contributed by atoms with Gasteiger partial charge in [-0.15, -0.1) is 0 Å². The summed E-state index contributed by atoms with van der Waals surface area (Å²) >= 11 is 1.43. The number of carbonyl (C=O) groups excluding carboxylic acids is 3. The molecular weight excluding hydrogens is 504 g/mol. The van der Waals surface area contributed by atoms with E-state index in [0.717, 1.165) is 6.42 Å². The standard InChI is InChI=1S/C24H34N4O8S/c1-37-12-10-18(23(34)28-19(24(35)36)13-14-4-6-15(29)7-5-14)27-22(33)17(8-9-20(30)31)26-21(32)16-3-2-11-25-16/h4-7,16-19,25,29H,2-3,8-13H2,1H3,(H,26,32)(H,27,33)(H,28,34)(H,30,31)(H,35,36). The Balaban J connectivity index is 2.11. The number of carboxylic acids is 2. The molecule has 0 aromatic heterocycles. The maximum atomic E-state index is 13.1. The van der Waals surface area contributed by atoms with E-state index < -0.39 is 53.8 Å². The topological polar surface area (TPSA) is 194 Å². The average Bonchev–Trinajstić information content (AvgIpc) is 3.40. The van der Waals surface area contributed by atoms with Gasteiger partial charge in [0, 0.05) is 12.8 Å². The number of rotatable bonds is 15. The minimum absolute atomic E-state index is 0.0211. The summed E-state index contributed by atoms with van der Waals surface area (Å²) in [5, 5.41) is 38.7. The highest BCUT2D eigenvalue weighted by molar-refractivity contribution is 7.98. The molecule has 1 aliphatic heterocycles. The summed E-state index contributed by atoms with van der Waals surface area (Å²) in [4.78, 5) is 61.5. The number of aromatic hydroxyl groups is 1. The second-order valence-electron chi connectivity index (χ2n) is 8.76. The minimum atomic E-state index is -1.29. The molecule has 3 amide bonds. The first-order chi connectivity index (χ1) is 17.6. The Kier molecular flexibility index (Phi) is 12.2. The molecule has 1 heterocycles. The normalized spacial score (nSPS) is 17.3. The number of carboxylic acid groups (broad SMARTS) is 2. The number of phenols is 1. The van der Waals surface area contributed by atoms with Crippen LogP contribution in [0.15, 0.2) is 24.3 Å². The van der Waals surface area contributed by atoms with Gasteiger partial charge in [0.15, 0.2) is 0 Å². The van der Waals surface area contributed by atoms with Crippen LogP contribution in [0.4, 0.5) is 0 Å². The van der Waals surface area contributed by atoms with Crippen molar-refractivity contribution in [2.45, 2.75) is 62.7 Å². The highest BCUT2D eigenvalue weighted by Gasteiger charge is 2.31. The van der Waals surface area contributed by atoms with E-state index in [1.807, 2.05) is 6.26 Å². The van der Waals surface area contributed by atoms with Crippen LogP contribution in [0.25, 0.3) is 0 Å². The van der Waals surface area contributed by atoms with Crippen molar-refractivity contribution in [3.05, 3.63) is 29.8 Å². The van der Waals surface area contributed by atoms with E-state index in [1.54, 1.807) is 12.1 Å². The molecule has 1 aromatic carbocycles. The van der Waals surface area contributed by atoms with Gasteiger partial charge in [-0.1, -0.05) is 12.1 Å². The Bertz CT molecular complexity index is 953. The molecule has 204 valence electrons. The van der Waals surface area contributed by atoms with Crippen LogP contribution in [0.3, 0.4) is 0 Å². The molecule has 12 nitrogen and oxygen atoms in total. The Hall–Kier alpha value is -3.32. The zero-order valence-electron chi connectivity index (χ0n) is 20.6. The summed E-state index contributed by atoms with van der Waals surface area (Å²) < 4.78 is 0. The third kappa shape index (κ3) is 10.3. The molecule has 1 aromatic rings. The lowest BCUT2D eigenvalue weighted by atomic mass is 10.0. The van der Waals surface area contributed by atoms with Gasteiger partial charge in [0.2, 0.25) is 17.7 Å². The van der Waals surface area contributed by atoms with Crippen LogP contribution in [0.2, 0.25) is 0 Å². The number of carbonyl (C=O) groups is 5. The number of nitrogens with one attached hydrogen (secondary N) is 4. The molecule has 0 saturated carbocycles. The van der Waals surface area contributed by atoms with E-state index in [4.69, 9.17) is 5.11 Å².